The van der Waals surface area contributed by atoms with Crippen molar-refractivity contribution in [2.75, 3.05) is 5.73 Å². The number of nitrogens with zero attached hydrogens (tertiary/aromatic N) is 1. The van der Waals surface area contributed by atoms with Gasteiger partial charge in [-0.2, -0.15) is 0 Å². The van der Waals surface area contributed by atoms with Gasteiger partial charge in [0.15, 0.2) is 10.8 Å². The fourth-order valence-electron chi connectivity index (χ4n) is 0.730. The lowest BCUT2D eigenvalue weighted by Gasteiger charge is -2.02. The molecule has 0 saturated heterocycles. The molecule has 13 heavy (non-hydrogen) atoms. The molecule has 0 aliphatic rings. The van der Waals surface area contributed by atoms with Crippen LogP contribution in [-0.2, 0) is 0 Å². The number of hydrogen-bond donors (Lipinski definition) is 1. The number of hydrogen-bond acceptors (Lipinski definition) is 3. The number of nitro benzene ring substituents is 1. The summed E-state index contributed by atoms with van der Waals surface area (Å²) in [5.74, 6) is -0.984. The summed E-state index contributed by atoms with van der Waals surface area (Å²) in [7, 11) is 0. The van der Waals surface area contributed by atoms with Gasteiger partial charge in [-0.25, -0.2) is 4.39 Å². The number of benzene rings is 1. The Labute approximate surface area is 85.8 Å². The summed E-state index contributed by atoms with van der Waals surface area (Å²) in [6.07, 6.45) is 0. The van der Waals surface area contributed by atoms with Crippen LogP contribution in [0.5, 0.6) is 0 Å². The fourth-order valence-corrected chi connectivity index (χ4v) is 1.35. The molecule has 0 bridgehead atoms. The molecule has 0 fully saturated rings. The highest BCUT2D eigenvalue weighted by molar-refractivity contribution is 9.10. The Bertz CT molecular complexity index is 385. The van der Waals surface area contributed by atoms with Gasteiger partial charge in [-0.3, -0.25) is 10.1 Å². The molecule has 0 atom stereocenters. The van der Waals surface area contributed by atoms with E-state index in [1.165, 1.54) is 0 Å². The quantitative estimate of drug-likeness (QED) is 0.369. The van der Waals surface area contributed by atoms with Gasteiger partial charge < -0.3 is 5.73 Å². The van der Waals surface area contributed by atoms with E-state index < -0.39 is 21.5 Å². The standard InChI is InChI=1S/C6H3BrClFN2O2/c7-2-1-3(11(12)13)4(8)5(9)6(2)10/h1H,10H2. The highest BCUT2D eigenvalue weighted by Gasteiger charge is 2.21. The van der Waals surface area contributed by atoms with E-state index in [2.05, 4.69) is 15.9 Å². The maximum atomic E-state index is 13.0. The van der Waals surface area contributed by atoms with Gasteiger partial charge >= 0.3 is 0 Å². The first-order valence-electron chi connectivity index (χ1n) is 3.02. The van der Waals surface area contributed by atoms with Crippen molar-refractivity contribution in [2.24, 2.45) is 0 Å². The van der Waals surface area contributed by atoms with E-state index >= 15 is 0 Å². The van der Waals surface area contributed by atoms with Crippen molar-refractivity contribution in [3.05, 3.63) is 31.5 Å². The fraction of sp³-hybridized carbons (Fsp3) is 0. The lowest BCUT2D eigenvalue weighted by molar-refractivity contribution is -0.384. The van der Waals surface area contributed by atoms with Crippen LogP contribution in [0.1, 0.15) is 0 Å². The number of nitrogens with two attached hydrogens (primary N) is 1. The first-order valence-corrected chi connectivity index (χ1v) is 4.19. The van der Waals surface area contributed by atoms with Crippen molar-refractivity contribution in [1.82, 2.24) is 0 Å². The van der Waals surface area contributed by atoms with Crippen LogP contribution in [0.2, 0.25) is 5.02 Å². The zero-order valence-electron chi connectivity index (χ0n) is 6.05. The monoisotopic (exact) mass is 268 g/mol. The van der Waals surface area contributed by atoms with Gasteiger partial charge in [-0.15, -0.1) is 0 Å². The minimum Gasteiger partial charge on any atom is -0.395 e. The summed E-state index contributed by atoms with van der Waals surface area (Å²) in [6, 6.07) is 1.06. The van der Waals surface area contributed by atoms with Crippen LogP contribution >= 0.6 is 27.5 Å². The Balaban J connectivity index is 3.50. The minimum absolute atomic E-state index is 0.112. The zero-order chi connectivity index (χ0) is 10.2. The van der Waals surface area contributed by atoms with Gasteiger partial charge in [0.05, 0.1) is 15.1 Å². The lowest BCUT2D eigenvalue weighted by Crippen LogP contribution is -1.97. The number of anilines is 1. The highest BCUT2D eigenvalue weighted by atomic mass is 79.9. The number of nitro groups is 1. The van der Waals surface area contributed by atoms with Gasteiger partial charge in [-0.05, 0) is 15.9 Å². The van der Waals surface area contributed by atoms with Crippen molar-refractivity contribution in [3.63, 3.8) is 0 Å². The number of rotatable bonds is 1. The van der Waals surface area contributed by atoms with Crippen LogP contribution in [0.15, 0.2) is 10.5 Å². The molecule has 7 heteroatoms. The summed E-state index contributed by atoms with van der Waals surface area (Å²) in [4.78, 5) is 9.55. The Kier molecular flexibility index (Phi) is 2.72. The number of halogens is 3. The molecule has 1 rings (SSSR count). The van der Waals surface area contributed by atoms with Gasteiger partial charge in [0, 0.05) is 6.07 Å². The van der Waals surface area contributed by atoms with E-state index in [1.54, 1.807) is 0 Å². The molecule has 0 heterocycles. The predicted molar refractivity (Wildman–Crippen MR) is 50.2 cm³/mol. The third kappa shape index (κ3) is 1.73. The number of nitrogen functional groups attached to an aromatic ring is 1. The van der Waals surface area contributed by atoms with Crippen molar-refractivity contribution < 1.29 is 9.31 Å². The third-order valence-electron chi connectivity index (χ3n) is 1.37. The van der Waals surface area contributed by atoms with E-state index in [-0.39, 0.29) is 10.2 Å². The summed E-state index contributed by atoms with van der Waals surface area (Å²) in [5, 5.41) is 9.75. The van der Waals surface area contributed by atoms with Crippen molar-refractivity contribution in [3.8, 4) is 0 Å². The Morgan fingerprint density at radius 1 is 1.69 bits per heavy atom. The predicted octanol–water partition coefficient (Wildman–Crippen LogP) is 2.73. The third-order valence-corrected chi connectivity index (χ3v) is 2.39. The summed E-state index contributed by atoms with van der Waals surface area (Å²) >= 11 is 8.22. The summed E-state index contributed by atoms with van der Waals surface area (Å²) in [5.41, 5.74) is 4.47. The van der Waals surface area contributed by atoms with Crippen LogP contribution < -0.4 is 5.73 Å². The molecular formula is C6H3BrClFN2O2. The first-order chi connectivity index (χ1) is 5.95. The smallest absolute Gasteiger partial charge is 0.292 e. The zero-order valence-corrected chi connectivity index (χ0v) is 8.39. The molecular weight excluding hydrogens is 266 g/mol. The Morgan fingerprint density at radius 2 is 2.23 bits per heavy atom. The maximum Gasteiger partial charge on any atom is 0.292 e. The van der Waals surface area contributed by atoms with Crippen molar-refractivity contribution in [2.45, 2.75) is 0 Å². The SMILES string of the molecule is Nc1c(Br)cc([N+](=O)[O-])c(Cl)c1F. The molecule has 0 amide bonds. The van der Waals surface area contributed by atoms with Gasteiger partial charge in [-0.1, -0.05) is 11.6 Å². The molecule has 2 N–H and O–H groups in total. The van der Waals surface area contributed by atoms with Gasteiger partial charge in [0.2, 0.25) is 0 Å². The molecule has 0 unspecified atom stereocenters. The van der Waals surface area contributed by atoms with E-state index in [1.807, 2.05) is 0 Å². The molecule has 4 nitrogen and oxygen atoms in total. The van der Waals surface area contributed by atoms with Crippen molar-refractivity contribution >= 4 is 38.9 Å². The molecule has 0 aromatic heterocycles. The topological polar surface area (TPSA) is 69.2 Å². The maximum absolute atomic E-state index is 13.0. The van der Waals surface area contributed by atoms with Crippen molar-refractivity contribution in [1.29, 1.82) is 0 Å². The van der Waals surface area contributed by atoms with E-state index in [0.29, 0.717) is 0 Å². The molecule has 1 aromatic carbocycles. The highest BCUT2D eigenvalue weighted by Crippen LogP contribution is 2.35. The average Bonchev–Trinajstić information content (AvgIpc) is 2.07. The normalized spacial score (nSPS) is 10.1. The molecule has 0 aliphatic carbocycles. The summed E-state index contributed by atoms with van der Waals surface area (Å²) in [6.45, 7) is 0. The first kappa shape index (κ1) is 10.2. The van der Waals surface area contributed by atoms with E-state index in [4.69, 9.17) is 17.3 Å². The van der Waals surface area contributed by atoms with Crippen LogP contribution in [0.25, 0.3) is 0 Å². The summed E-state index contributed by atoms with van der Waals surface area (Å²) < 4.78 is 13.1. The molecule has 0 saturated carbocycles. The molecule has 70 valence electrons. The van der Waals surface area contributed by atoms with Crippen LogP contribution in [0.3, 0.4) is 0 Å². The Hall–Kier alpha value is -0.880. The largest absolute Gasteiger partial charge is 0.395 e. The van der Waals surface area contributed by atoms with E-state index in [0.717, 1.165) is 6.07 Å². The van der Waals surface area contributed by atoms with Gasteiger partial charge in [0.1, 0.15) is 0 Å². The molecule has 0 radical (unpaired) electrons. The van der Waals surface area contributed by atoms with Crippen LogP contribution in [0, 0.1) is 15.9 Å². The van der Waals surface area contributed by atoms with Crippen LogP contribution in [0.4, 0.5) is 15.8 Å². The van der Waals surface area contributed by atoms with Crippen LogP contribution in [-0.4, -0.2) is 4.92 Å². The van der Waals surface area contributed by atoms with Gasteiger partial charge in [0.25, 0.3) is 5.69 Å². The molecule has 1 aromatic rings. The second-order valence-electron chi connectivity index (χ2n) is 2.18. The van der Waals surface area contributed by atoms with E-state index in [9.17, 15) is 14.5 Å². The second kappa shape index (κ2) is 3.47. The second-order valence-corrected chi connectivity index (χ2v) is 3.41. The average molecular weight is 269 g/mol. The Morgan fingerprint density at radius 3 is 2.69 bits per heavy atom. The minimum atomic E-state index is -0.984. The molecule has 0 aliphatic heterocycles. The molecule has 0 spiro atoms. The lowest BCUT2D eigenvalue weighted by atomic mass is 10.3.